The number of likely N-dealkylation sites (tertiary alicyclic amines) is 1. The van der Waals surface area contributed by atoms with E-state index >= 15 is 0 Å². The van der Waals surface area contributed by atoms with Crippen molar-refractivity contribution in [3.05, 3.63) is 54.0 Å². The molecule has 2 spiro atoms. The van der Waals surface area contributed by atoms with Crippen LogP contribution in [0.15, 0.2) is 47.0 Å². The van der Waals surface area contributed by atoms with Gasteiger partial charge in [0.05, 0.1) is 5.92 Å². The Kier molecular flexibility index (Phi) is 6.49. The van der Waals surface area contributed by atoms with Crippen LogP contribution in [0.4, 0.5) is 4.39 Å². The normalized spacial score (nSPS) is 22.8. The molecule has 5 rings (SSSR count). The Hall–Kier alpha value is -4.10. The molecule has 0 radical (unpaired) electrons. The third-order valence-corrected chi connectivity index (χ3v) is 6.52. The van der Waals surface area contributed by atoms with Gasteiger partial charge in [-0.2, -0.15) is 0 Å². The minimum Gasteiger partial charge on any atom is -0.409 e. The molecule has 13 heteroatoms. The Labute approximate surface area is 215 Å². The molecule has 38 heavy (non-hydrogen) atoms. The number of piperidine rings is 1. The van der Waals surface area contributed by atoms with Gasteiger partial charge >= 0.3 is 35.6 Å². The molecular weight excluding hydrogens is 505 g/mol. The lowest BCUT2D eigenvalue weighted by Gasteiger charge is -2.54. The molecule has 1 unspecified atom stereocenters. The average molecular weight is 529 g/mol. The van der Waals surface area contributed by atoms with E-state index in [0.717, 1.165) is 30.4 Å². The molecule has 1 aromatic carbocycles. The minimum absolute atomic E-state index is 0.0820. The third kappa shape index (κ3) is 4.33. The van der Waals surface area contributed by atoms with E-state index in [0.29, 0.717) is 18.4 Å². The maximum Gasteiger partial charge on any atom is 0.403 e. The van der Waals surface area contributed by atoms with E-state index in [1.165, 1.54) is 17.0 Å². The van der Waals surface area contributed by atoms with Crippen LogP contribution in [-0.2, 0) is 38.1 Å². The Morgan fingerprint density at radius 1 is 0.974 bits per heavy atom. The second-order valence-corrected chi connectivity index (χ2v) is 9.29. The van der Waals surface area contributed by atoms with Gasteiger partial charge in [0.25, 0.3) is 0 Å². The summed E-state index contributed by atoms with van der Waals surface area (Å²) in [5.74, 6) is -10.8. The second-order valence-electron chi connectivity index (χ2n) is 9.29. The molecule has 0 bridgehead atoms. The summed E-state index contributed by atoms with van der Waals surface area (Å²) in [7, 11) is 3.75. The van der Waals surface area contributed by atoms with Crippen LogP contribution in [0.5, 0.6) is 0 Å². The van der Waals surface area contributed by atoms with Gasteiger partial charge in [0.15, 0.2) is 5.58 Å². The van der Waals surface area contributed by atoms with E-state index < -0.39 is 47.3 Å². The number of aromatic nitrogens is 1. The molecule has 0 aliphatic carbocycles. The number of nitrogens with zero attached hydrogens (tertiary/aromatic N) is 3. The monoisotopic (exact) mass is 529 g/mol. The number of halogens is 1. The summed E-state index contributed by atoms with van der Waals surface area (Å²) < 4.78 is 42.2. The predicted molar refractivity (Wildman–Crippen MR) is 124 cm³/mol. The van der Waals surface area contributed by atoms with E-state index in [1.54, 1.807) is 0 Å². The first-order valence-corrected chi connectivity index (χ1v) is 11.9. The van der Waals surface area contributed by atoms with Gasteiger partial charge in [-0.3, -0.25) is 0 Å². The third-order valence-electron chi connectivity index (χ3n) is 6.52. The number of hydrogen-bond donors (Lipinski definition) is 0. The number of carbonyl (C=O) groups is 4. The van der Waals surface area contributed by atoms with Crippen LogP contribution in [0.25, 0.3) is 11.0 Å². The Morgan fingerprint density at radius 2 is 1.58 bits per heavy atom. The lowest BCUT2D eigenvalue weighted by atomic mass is 9.82. The van der Waals surface area contributed by atoms with Crippen molar-refractivity contribution in [3.8, 4) is 0 Å². The zero-order valence-corrected chi connectivity index (χ0v) is 20.5. The Balaban J connectivity index is 1.72. The highest BCUT2D eigenvalue weighted by atomic mass is 19.1. The standard InChI is InChI=1S/C25H24FN3O9/c1-28(2)11-3-12-29-13-10-17(23-16-5-4-15(26)14-18(16)38-27-23)24(34-19(30)6-7-20(31)35-24)25(29)36-21(32)8-9-22(33)37-25/h4-9,14,17H,3,10-13H2,1-2H3. The van der Waals surface area contributed by atoms with Crippen molar-refractivity contribution < 1.29 is 47.0 Å². The second kappa shape index (κ2) is 9.65. The van der Waals surface area contributed by atoms with Gasteiger partial charge in [0, 0.05) is 48.8 Å². The number of rotatable bonds is 5. The van der Waals surface area contributed by atoms with E-state index in [-0.39, 0.29) is 30.8 Å². The Morgan fingerprint density at radius 3 is 2.18 bits per heavy atom. The van der Waals surface area contributed by atoms with Crippen molar-refractivity contribution in [2.45, 2.75) is 30.5 Å². The number of ether oxygens (including phenoxy) is 4. The maximum atomic E-state index is 13.9. The van der Waals surface area contributed by atoms with Gasteiger partial charge in [-0.05, 0) is 45.6 Å². The summed E-state index contributed by atoms with van der Waals surface area (Å²) in [6.07, 6.45) is 4.07. The fourth-order valence-electron chi connectivity index (χ4n) is 4.96. The first kappa shape index (κ1) is 25.5. The van der Waals surface area contributed by atoms with E-state index in [9.17, 15) is 23.6 Å². The molecule has 3 aliphatic heterocycles. The highest BCUT2D eigenvalue weighted by molar-refractivity contribution is 5.95. The van der Waals surface area contributed by atoms with Crippen molar-refractivity contribution in [2.24, 2.45) is 0 Å². The molecule has 3 aliphatic rings. The molecule has 0 amide bonds. The van der Waals surface area contributed by atoms with E-state index in [1.807, 2.05) is 19.0 Å². The fraction of sp³-hybridized carbons (Fsp3) is 0.400. The van der Waals surface area contributed by atoms with Gasteiger partial charge in [-0.25, -0.2) is 28.5 Å². The smallest absolute Gasteiger partial charge is 0.403 e. The first-order valence-electron chi connectivity index (χ1n) is 11.9. The van der Waals surface area contributed by atoms with E-state index in [4.69, 9.17) is 23.5 Å². The van der Waals surface area contributed by atoms with Crippen LogP contribution in [0.2, 0.25) is 0 Å². The topological polar surface area (TPSA) is 138 Å². The van der Waals surface area contributed by atoms with Crippen LogP contribution in [0.3, 0.4) is 0 Å². The van der Waals surface area contributed by atoms with Gasteiger partial charge in [-0.1, -0.05) is 5.16 Å². The quantitative estimate of drug-likeness (QED) is 0.517. The molecule has 1 fully saturated rings. The number of fused-ring (bicyclic) bond motifs is 2. The fourth-order valence-corrected chi connectivity index (χ4v) is 4.96. The zero-order chi connectivity index (χ0) is 27.1. The molecule has 2 aromatic rings. The van der Waals surface area contributed by atoms with Crippen molar-refractivity contribution >= 4 is 34.8 Å². The van der Waals surface area contributed by atoms with Crippen molar-refractivity contribution in [1.82, 2.24) is 15.0 Å². The molecule has 1 saturated heterocycles. The molecule has 200 valence electrons. The first-order chi connectivity index (χ1) is 18.1. The molecule has 1 aromatic heterocycles. The number of hydrogen-bond acceptors (Lipinski definition) is 12. The molecule has 4 heterocycles. The minimum atomic E-state index is -2.55. The SMILES string of the molecule is CN(C)CCCN1CCC(c2noc3cc(F)ccc23)C2(OC(=O)C=CC(=O)O2)C12OC(=O)C=CC(=O)O2. The van der Waals surface area contributed by atoms with Gasteiger partial charge in [-0.15, -0.1) is 0 Å². The molecule has 12 nitrogen and oxygen atoms in total. The molecule has 1 atom stereocenters. The average Bonchev–Trinajstić information content (AvgIpc) is 3.10. The Bertz CT molecular complexity index is 1330. The number of carbonyl (C=O) groups excluding carboxylic acids is 4. The predicted octanol–water partition coefficient (Wildman–Crippen LogP) is 1.37. The van der Waals surface area contributed by atoms with Crippen LogP contribution < -0.4 is 0 Å². The number of benzene rings is 1. The molecule has 0 saturated carbocycles. The van der Waals surface area contributed by atoms with Crippen molar-refractivity contribution in [1.29, 1.82) is 0 Å². The van der Waals surface area contributed by atoms with Crippen LogP contribution in [0.1, 0.15) is 24.5 Å². The van der Waals surface area contributed by atoms with Crippen molar-refractivity contribution in [3.63, 3.8) is 0 Å². The van der Waals surface area contributed by atoms with Crippen LogP contribution >= 0.6 is 0 Å². The molecule has 0 N–H and O–H groups in total. The number of esters is 4. The van der Waals surface area contributed by atoms with Gasteiger partial charge < -0.3 is 28.4 Å². The van der Waals surface area contributed by atoms with Gasteiger partial charge in [0.2, 0.25) is 0 Å². The zero-order valence-electron chi connectivity index (χ0n) is 20.5. The summed E-state index contributed by atoms with van der Waals surface area (Å²) in [4.78, 5) is 54.7. The summed E-state index contributed by atoms with van der Waals surface area (Å²) >= 11 is 0. The van der Waals surface area contributed by atoms with E-state index in [2.05, 4.69) is 5.16 Å². The highest BCUT2D eigenvalue weighted by Crippen LogP contribution is 2.53. The largest absolute Gasteiger partial charge is 0.409 e. The maximum absolute atomic E-state index is 13.9. The van der Waals surface area contributed by atoms with Crippen molar-refractivity contribution in [2.75, 3.05) is 33.7 Å². The summed E-state index contributed by atoms with van der Waals surface area (Å²) in [6, 6.07) is 3.71. The highest BCUT2D eigenvalue weighted by Gasteiger charge is 2.75. The molecular formula is C25H24FN3O9. The lowest BCUT2D eigenvalue weighted by Crippen LogP contribution is -2.75. The summed E-state index contributed by atoms with van der Waals surface area (Å²) in [5.41, 5.74) is 0.206. The van der Waals surface area contributed by atoms with Gasteiger partial charge in [0.1, 0.15) is 11.5 Å². The summed E-state index contributed by atoms with van der Waals surface area (Å²) in [6.45, 7) is 0.947. The summed E-state index contributed by atoms with van der Waals surface area (Å²) in [5, 5.41) is 4.41. The van der Waals surface area contributed by atoms with Crippen LogP contribution in [-0.4, -0.2) is 84.3 Å². The lowest BCUT2D eigenvalue weighted by molar-refractivity contribution is -0.425. The van der Waals surface area contributed by atoms with Crippen LogP contribution in [0, 0.1) is 5.82 Å².